The normalized spacial score (nSPS) is 9.88. The Hall–Kier alpha value is -2.56. The number of furan rings is 1. The lowest BCUT2D eigenvalue weighted by atomic mass is 10.2. The molecule has 0 aliphatic rings. The lowest BCUT2D eigenvalue weighted by Gasteiger charge is -2.03. The van der Waals surface area contributed by atoms with E-state index in [0.717, 1.165) is 0 Å². The molecule has 0 aliphatic heterocycles. The molecule has 0 aliphatic carbocycles. The summed E-state index contributed by atoms with van der Waals surface area (Å²) in [5, 5.41) is 11.5. The molecule has 0 spiro atoms. The van der Waals surface area contributed by atoms with E-state index in [1.54, 1.807) is 18.2 Å². The molecule has 5 nitrogen and oxygen atoms in total. The molecule has 0 saturated heterocycles. The molecule has 2 amide bonds. The number of phenolic OH excluding ortho intramolecular Hbond substituents is 1. The monoisotopic (exact) mass is 231 g/mol. The Labute approximate surface area is 96.7 Å². The van der Waals surface area contributed by atoms with Crippen LogP contribution in [0.15, 0.2) is 47.1 Å². The molecule has 2 N–H and O–H groups in total. The molecule has 1 aromatic heterocycles. The smallest absolute Gasteiger partial charge is 0.293 e. The van der Waals surface area contributed by atoms with Crippen molar-refractivity contribution < 1.29 is 19.1 Å². The predicted octanol–water partition coefficient (Wildman–Crippen LogP) is 1.56. The van der Waals surface area contributed by atoms with Crippen molar-refractivity contribution in [3.05, 3.63) is 54.0 Å². The predicted molar refractivity (Wildman–Crippen MR) is 58.6 cm³/mol. The minimum Gasteiger partial charge on any atom is -0.507 e. The minimum atomic E-state index is -0.676. The van der Waals surface area contributed by atoms with E-state index >= 15 is 0 Å². The molecule has 0 unspecified atom stereocenters. The van der Waals surface area contributed by atoms with Gasteiger partial charge in [-0.3, -0.25) is 14.9 Å². The van der Waals surface area contributed by atoms with Crippen molar-refractivity contribution in [1.82, 2.24) is 5.32 Å². The highest BCUT2D eigenvalue weighted by Gasteiger charge is 2.16. The van der Waals surface area contributed by atoms with Crippen molar-refractivity contribution in [2.24, 2.45) is 0 Å². The summed E-state index contributed by atoms with van der Waals surface area (Å²) in [7, 11) is 0. The number of carbonyl (C=O) groups is 2. The summed E-state index contributed by atoms with van der Waals surface area (Å²) in [6.45, 7) is 0. The first-order valence-corrected chi connectivity index (χ1v) is 4.85. The Morgan fingerprint density at radius 2 is 1.82 bits per heavy atom. The fourth-order valence-electron chi connectivity index (χ4n) is 1.31. The number of phenols is 1. The molecule has 0 saturated carbocycles. The van der Waals surface area contributed by atoms with E-state index in [0.29, 0.717) is 0 Å². The highest BCUT2D eigenvalue weighted by Crippen LogP contribution is 2.15. The molecule has 0 bridgehead atoms. The number of rotatable bonds is 2. The van der Waals surface area contributed by atoms with Crippen LogP contribution in [0.1, 0.15) is 20.9 Å². The summed E-state index contributed by atoms with van der Waals surface area (Å²) < 4.78 is 4.84. The zero-order valence-corrected chi connectivity index (χ0v) is 8.71. The third-order valence-electron chi connectivity index (χ3n) is 2.12. The van der Waals surface area contributed by atoms with E-state index in [9.17, 15) is 14.7 Å². The Morgan fingerprint density at radius 1 is 1.06 bits per heavy atom. The number of hydrogen-bond donors (Lipinski definition) is 2. The Morgan fingerprint density at radius 3 is 2.47 bits per heavy atom. The third-order valence-corrected chi connectivity index (χ3v) is 2.12. The Kier molecular flexibility index (Phi) is 2.91. The summed E-state index contributed by atoms with van der Waals surface area (Å²) in [5.74, 6) is -1.47. The topological polar surface area (TPSA) is 79.5 Å². The van der Waals surface area contributed by atoms with Crippen LogP contribution in [-0.4, -0.2) is 16.9 Å². The summed E-state index contributed by atoms with van der Waals surface area (Å²) >= 11 is 0. The zero-order chi connectivity index (χ0) is 12.3. The van der Waals surface area contributed by atoms with Crippen molar-refractivity contribution in [3.8, 4) is 5.75 Å². The average Bonchev–Trinajstić information content (AvgIpc) is 2.82. The molecule has 2 rings (SSSR count). The molecule has 5 heteroatoms. The van der Waals surface area contributed by atoms with E-state index in [-0.39, 0.29) is 17.1 Å². The molecule has 0 radical (unpaired) electrons. The Bertz CT molecular complexity index is 545. The zero-order valence-electron chi connectivity index (χ0n) is 8.71. The third kappa shape index (κ3) is 2.34. The first-order valence-electron chi connectivity index (χ1n) is 4.85. The first kappa shape index (κ1) is 10.9. The quantitative estimate of drug-likeness (QED) is 0.768. The standard InChI is InChI=1S/C12H9NO4/c14-9-5-2-1-4-8(9)11(15)13-12(16)10-6-3-7-17-10/h1-7,14H,(H,13,15,16). The van der Waals surface area contributed by atoms with E-state index in [2.05, 4.69) is 5.32 Å². The van der Waals surface area contributed by atoms with Crippen molar-refractivity contribution in [2.45, 2.75) is 0 Å². The van der Waals surface area contributed by atoms with Crippen LogP contribution in [0.3, 0.4) is 0 Å². The van der Waals surface area contributed by atoms with Crippen LogP contribution in [0.25, 0.3) is 0 Å². The van der Waals surface area contributed by atoms with Gasteiger partial charge in [-0.05, 0) is 24.3 Å². The van der Waals surface area contributed by atoms with E-state index in [1.165, 1.54) is 24.5 Å². The van der Waals surface area contributed by atoms with Gasteiger partial charge in [-0.1, -0.05) is 12.1 Å². The summed E-state index contributed by atoms with van der Waals surface area (Å²) in [6, 6.07) is 8.94. The lowest BCUT2D eigenvalue weighted by Crippen LogP contribution is -2.30. The lowest BCUT2D eigenvalue weighted by molar-refractivity contribution is 0.0831. The van der Waals surface area contributed by atoms with Crippen LogP contribution in [0.4, 0.5) is 0 Å². The van der Waals surface area contributed by atoms with Crippen LogP contribution in [-0.2, 0) is 0 Å². The van der Waals surface area contributed by atoms with E-state index < -0.39 is 11.8 Å². The van der Waals surface area contributed by atoms with Crippen molar-refractivity contribution in [1.29, 1.82) is 0 Å². The number of nitrogens with one attached hydrogen (secondary N) is 1. The fourth-order valence-corrected chi connectivity index (χ4v) is 1.31. The fraction of sp³-hybridized carbons (Fsp3) is 0. The summed E-state index contributed by atoms with van der Waals surface area (Å²) in [4.78, 5) is 23.1. The molecule has 1 heterocycles. The number of aromatic hydroxyl groups is 1. The maximum absolute atomic E-state index is 11.6. The van der Waals surface area contributed by atoms with Gasteiger partial charge in [-0.15, -0.1) is 0 Å². The van der Waals surface area contributed by atoms with Crippen molar-refractivity contribution in [3.63, 3.8) is 0 Å². The molecular formula is C12H9NO4. The van der Waals surface area contributed by atoms with Gasteiger partial charge in [-0.2, -0.15) is 0 Å². The van der Waals surface area contributed by atoms with Crippen LogP contribution < -0.4 is 5.32 Å². The van der Waals surface area contributed by atoms with Crippen molar-refractivity contribution >= 4 is 11.8 Å². The van der Waals surface area contributed by atoms with Crippen LogP contribution in [0.5, 0.6) is 5.75 Å². The molecule has 0 fully saturated rings. The summed E-state index contributed by atoms with van der Waals surface area (Å²) in [6.07, 6.45) is 1.33. The minimum absolute atomic E-state index is 0.0346. The molecule has 86 valence electrons. The number of benzene rings is 1. The van der Waals surface area contributed by atoms with Gasteiger partial charge in [0.2, 0.25) is 0 Å². The highest BCUT2D eigenvalue weighted by atomic mass is 16.3. The van der Waals surface area contributed by atoms with Gasteiger partial charge in [0, 0.05) is 0 Å². The largest absolute Gasteiger partial charge is 0.507 e. The number of hydrogen-bond acceptors (Lipinski definition) is 4. The maximum atomic E-state index is 11.6. The number of amides is 2. The van der Waals surface area contributed by atoms with Gasteiger partial charge in [0.05, 0.1) is 11.8 Å². The van der Waals surface area contributed by atoms with Gasteiger partial charge in [0.25, 0.3) is 11.8 Å². The second-order valence-electron chi connectivity index (χ2n) is 3.28. The van der Waals surface area contributed by atoms with Gasteiger partial charge in [-0.25, -0.2) is 0 Å². The molecular weight excluding hydrogens is 222 g/mol. The second-order valence-corrected chi connectivity index (χ2v) is 3.28. The number of imide groups is 1. The second kappa shape index (κ2) is 4.52. The van der Waals surface area contributed by atoms with Gasteiger partial charge < -0.3 is 9.52 Å². The van der Waals surface area contributed by atoms with Gasteiger partial charge in [0.1, 0.15) is 5.75 Å². The summed E-state index contributed by atoms with van der Waals surface area (Å²) in [5.41, 5.74) is 0.0346. The SMILES string of the molecule is O=C(NC(=O)c1ccccc1O)c1ccco1. The number of para-hydroxylation sites is 1. The van der Waals surface area contributed by atoms with Crippen LogP contribution in [0.2, 0.25) is 0 Å². The maximum Gasteiger partial charge on any atom is 0.293 e. The van der Waals surface area contributed by atoms with Gasteiger partial charge in [0.15, 0.2) is 5.76 Å². The van der Waals surface area contributed by atoms with E-state index in [1.807, 2.05) is 0 Å². The van der Waals surface area contributed by atoms with Crippen LogP contribution in [0, 0.1) is 0 Å². The molecule has 2 aromatic rings. The first-order chi connectivity index (χ1) is 8.18. The molecule has 0 atom stereocenters. The van der Waals surface area contributed by atoms with Gasteiger partial charge >= 0.3 is 0 Å². The number of carbonyl (C=O) groups excluding carboxylic acids is 2. The van der Waals surface area contributed by atoms with Crippen LogP contribution >= 0.6 is 0 Å². The average molecular weight is 231 g/mol. The van der Waals surface area contributed by atoms with Crippen molar-refractivity contribution in [2.75, 3.05) is 0 Å². The van der Waals surface area contributed by atoms with E-state index in [4.69, 9.17) is 4.42 Å². The Balaban J connectivity index is 2.13. The molecule has 17 heavy (non-hydrogen) atoms. The molecule has 1 aromatic carbocycles. The highest BCUT2D eigenvalue weighted by molar-refractivity contribution is 6.10.